The number of aliphatic hydroxyl groups is 1. The molecule has 6 nitrogen and oxygen atoms in total. The highest BCUT2D eigenvalue weighted by molar-refractivity contribution is 7.22. The number of Topliss-reactive ketones (excluding diaryl/α,β-unsaturated/α-hetero) is 1. The molecule has 0 saturated carbocycles. The molecule has 1 aliphatic rings. The minimum Gasteiger partial charge on any atom is -0.507 e. The average Bonchev–Trinajstić information content (AvgIpc) is 3.37. The van der Waals surface area contributed by atoms with Gasteiger partial charge in [0.1, 0.15) is 17.3 Å². The van der Waals surface area contributed by atoms with E-state index in [4.69, 9.17) is 4.74 Å². The van der Waals surface area contributed by atoms with Crippen molar-refractivity contribution in [2.75, 3.05) is 11.5 Å². The van der Waals surface area contributed by atoms with Crippen molar-refractivity contribution in [3.05, 3.63) is 94.8 Å². The van der Waals surface area contributed by atoms with Crippen LogP contribution in [0.15, 0.2) is 72.3 Å². The molecule has 0 spiro atoms. The molecule has 1 fully saturated rings. The fraction of sp³-hybridized carbons (Fsp3) is 0.148. The Hall–Kier alpha value is -4.04. The van der Waals surface area contributed by atoms with Gasteiger partial charge in [-0.3, -0.25) is 14.5 Å². The summed E-state index contributed by atoms with van der Waals surface area (Å²) in [5.74, 6) is -1.95. The van der Waals surface area contributed by atoms with Gasteiger partial charge in [-0.15, -0.1) is 0 Å². The fourth-order valence-corrected chi connectivity index (χ4v) is 5.27. The predicted molar refractivity (Wildman–Crippen MR) is 133 cm³/mol. The molecule has 1 unspecified atom stereocenters. The number of aryl methyl sites for hydroxylation is 1. The summed E-state index contributed by atoms with van der Waals surface area (Å²) in [6, 6.07) is 16.9. The Morgan fingerprint density at radius 1 is 1.11 bits per heavy atom. The molecule has 1 aromatic heterocycles. The molecule has 0 aliphatic carbocycles. The first-order chi connectivity index (χ1) is 16.9. The molecule has 1 amide bonds. The van der Waals surface area contributed by atoms with E-state index < -0.39 is 23.5 Å². The van der Waals surface area contributed by atoms with Crippen LogP contribution in [0.3, 0.4) is 0 Å². The van der Waals surface area contributed by atoms with Gasteiger partial charge in [0, 0.05) is 5.56 Å². The number of amides is 1. The monoisotopic (exact) mass is 488 g/mol. The van der Waals surface area contributed by atoms with Crippen LogP contribution in [0, 0.1) is 12.7 Å². The lowest BCUT2D eigenvalue weighted by Crippen LogP contribution is -2.29. The third kappa shape index (κ3) is 4.06. The molecule has 0 bridgehead atoms. The highest BCUT2D eigenvalue weighted by Gasteiger charge is 2.48. The Labute approximate surface area is 204 Å². The van der Waals surface area contributed by atoms with Crippen LogP contribution in [0.25, 0.3) is 16.0 Å². The van der Waals surface area contributed by atoms with Crippen LogP contribution in [0.2, 0.25) is 0 Å². The number of carbonyl (C=O) groups is 2. The van der Waals surface area contributed by atoms with Gasteiger partial charge in [0.2, 0.25) is 0 Å². The Balaban J connectivity index is 1.69. The summed E-state index contributed by atoms with van der Waals surface area (Å²) in [5.41, 5.74) is 2.29. The lowest BCUT2D eigenvalue weighted by Gasteiger charge is -2.23. The highest BCUT2D eigenvalue weighted by Crippen LogP contribution is 2.44. The maximum Gasteiger partial charge on any atom is 0.301 e. The largest absolute Gasteiger partial charge is 0.507 e. The van der Waals surface area contributed by atoms with Crippen LogP contribution in [0.4, 0.5) is 9.52 Å². The number of anilines is 1. The van der Waals surface area contributed by atoms with Gasteiger partial charge < -0.3 is 9.84 Å². The van der Waals surface area contributed by atoms with Crippen LogP contribution in [0.5, 0.6) is 5.75 Å². The molecular formula is C27H21FN2O4S. The standard InChI is InChI=1S/C27H21FN2O4S/c1-3-34-19-10-8-16(9-11-19)24(31)22-23(17-5-4-6-18(28)14-17)30(26(33)25(22)32)27-29-20-12-7-15(2)13-21(20)35-27/h4-14,23,31H,3H2,1-2H3/b24-22+. The molecule has 0 radical (unpaired) electrons. The molecule has 176 valence electrons. The Bertz CT molecular complexity index is 1490. The lowest BCUT2D eigenvalue weighted by molar-refractivity contribution is -0.132. The van der Waals surface area contributed by atoms with E-state index in [1.165, 1.54) is 34.4 Å². The van der Waals surface area contributed by atoms with E-state index in [1.54, 1.807) is 30.3 Å². The molecule has 35 heavy (non-hydrogen) atoms. The van der Waals surface area contributed by atoms with Crippen molar-refractivity contribution < 1.29 is 23.8 Å². The van der Waals surface area contributed by atoms with Crippen molar-refractivity contribution in [3.8, 4) is 5.75 Å². The highest BCUT2D eigenvalue weighted by atomic mass is 32.1. The molecule has 1 saturated heterocycles. The molecular weight excluding hydrogens is 467 g/mol. The molecule has 8 heteroatoms. The first kappa shape index (κ1) is 22.7. The van der Waals surface area contributed by atoms with Crippen LogP contribution >= 0.6 is 11.3 Å². The number of hydrogen-bond acceptors (Lipinski definition) is 6. The van der Waals surface area contributed by atoms with Crippen molar-refractivity contribution in [2.24, 2.45) is 0 Å². The zero-order valence-electron chi connectivity index (χ0n) is 19.0. The summed E-state index contributed by atoms with van der Waals surface area (Å²) in [7, 11) is 0. The number of nitrogens with zero attached hydrogens (tertiary/aromatic N) is 2. The average molecular weight is 489 g/mol. The fourth-order valence-electron chi connectivity index (χ4n) is 4.18. The number of aromatic nitrogens is 1. The number of hydrogen-bond donors (Lipinski definition) is 1. The minimum absolute atomic E-state index is 0.125. The van der Waals surface area contributed by atoms with Gasteiger partial charge in [0.15, 0.2) is 5.13 Å². The van der Waals surface area contributed by atoms with Gasteiger partial charge in [-0.05, 0) is 73.5 Å². The number of aliphatic hydroxyl groups excluding tert-OH is 1. The lowest BCUT2D eigenvalue weighted by atomic mass is 9.95. The third-order valence-electron chi connectivity index (χ3n) is 5.79. The number of rotatable bonds is 5. The van der Waals surface area contributed by atoms with E-state index in [-0.39, 0.29) is 11.3 Å². The van der Waals surface area contributed by atoms with Crippen molar-refractivity contribution in [3.63, 3.8) is 0 Å². The van der Waals surface area contributed by atoms with Crippen molar-refractivity contribution in [2.45, 2.75) is 19.9 Å². The molecule has 4 aromatic rings. The first-order valence-electron chi connectivity index (χ1n) is 11.0. The molecule has 1 atom stereocenters. The molecule has 1 N–H and O–H groups in total. The number of halogens is 1. The van der Waals surface area contributed by atoms with E-state index in [0.717, 1.165) is 10.3 Å². The summed E-state index contributed by atoms with van der Waals surface area (Å²) in [6.07, 6.45) is 0. The van der Waals surface area contributed by atoms with Gasteiger partial charge in [-0.25, -0.2) is 9.37 Å². The van der Waals surface area contributed by atoms with Gasteiger partial charge in [0.05, 0.1) is 28.4 Å². The minimum atomic E-state index is -1.04. The number of ether oxygens (including phenoxy) is 1. The van der Waals surface area contributed by atoms with E-state index in [9.17, 15) is 19.1 Å². The number of fused-ring (bicyclic) bond motifs is 1. The second-order valence-corrected chi connectivity index (χ2v) is 9.16. The number of carbonyl (C=O) groups excluding carboxylic acids is 2. The van der Waals surface area contributed by atoms with Crippen LogP contribution in [-0.2, 0) is 9.59 Å². The Kier molecular flexibility index (Phi) is 5.82. The molecule has 2 heterocycles. The van der Waals surface area contributed by atoms with E-state index in [1.807, 2.05) is 32.0 Å². The summed E-state index contributed by atoms with van der Waals surface area (Å²) < 4.78 is 20.5. The second-order valence-electron chi connectivity index (χ2n) is 8.15. The summed E-state index contributed by atoms with van der Waals surface area (Å²) >= 11 is 1.26. The number of benzene rings is 3. The van der Waals surface area contributed by atoms with Crippen LogP contribution < -0.4 is 9.64 Å². The SMILES string of the molecule is CCOc1ccc(/C(O)=C2\C(=O)C(=O)N(c3nc4ccc(C)cc4s3)C2c2cccc(F)c2)cc1. The summed E-state index contributed by atoms with van der Waals surface area (Å²) in [4.78, 5) is 32.4. The quantitative estimate of drug-likeness (QED) is 0.219. The van der Waals surface area contributed by atoms with Gasteiger partial charge >= 0.3 is 5.91 Å². The Morgan fingerprint density at radius 3 is 2.60 bits per heavy atom. The van der Waals surface area contributed by atoms with Crippen molar-refractivity contribution in [1.29, 1.82) is 0 Å². The topological polar surface area (TPSA) is 79.7 Å². The normalized spacial score (nSPS) is 17.3. The predicted octanol–water partition coefficient (Wildman–Crippen LogP) is 5.77. The van der Waals surface area contributed by atoms with E-state index in [2.05, 4.69) is 4.98 Å². The third-order valence-corrected chi connectivity index (χ3v) is 6.80. The number of thiazole rings is 1. The smallest absolute Gasteiger partial charge is 0.301 e. The number of ketones is 1. The molecule has 3 aromatic carbocycles. The summed E-state index contributed by atoms with van der Waals surface area (Å²) in [5, 5.41) is 11.5. The maximum atomic E-state index is 14.2. The maximum absolute atomic E-state index is 14.2. The first-order valence-corrected chi connectivity index (χ1v) is 11.9. The van der Waals surface area contributed by atoms with Crippen LogP contribution in [0.1, 0.15) is 29.7 Å². The van der Waals surface area contributed by atoms with Gasteiger partial charge in [-0.2, -0.15) is 0 Å². The van der Waals surface area contributed by atoms with E-state index >= 15 is 0 Å². The molecule has 1 aliphatic heterocycles. The molecule has 5 rings (SSSR count). The zero-order chi connectivity index (χ0) is 24.7. The second kappa shape index (κ2) is 8.96. The van der Waals surface area contributed by atoms with Crippen molar-refractivity contribution >= 4 is 44.1 Å². The Morgan fingerprint density at radius 2 is 1.89 bits per heavy atom. The van der Waals surface area contributed by atoms with Gasteiger partial charge in [-0.1, -0.05) is 29.5 Å². The zero-order valence-corrected chi connectivity index (χ0v) is 19.8. The van der Waals surface area contributed by atoms with Gasteiger partial charge in [0.25, 0.3) is 5.78 Å². The van der Waals surface area contributed by atoms with Crippen molar-refractivity contribution in [1.82, 2.24) is 4.98 Å². The van der Waals surface area contributed by atoms with E-state index in [0.29, 0.717) is 34.1 Å². The summed E-state index contributed by atoms with van der Waals surface area (Å²) in [6.45, 7) is 4.30. The van der Waals surface area contributed by atoms with Crippen LogP contribution in [-0.4, -0.2) is 28.4 Å².